The Kier molecular flexibility index (Phi) is 4.83. The van der Waals surface area contributed by atoms with E-state index in [2.05, 4.69) is 0 Å². The lowest BCUT2D eigenvalue weighted by Crippen LogP contribution is -2.62. The molecule has 30 heavy (non-hydrogen) atoms. The number of primary amides is 1. The van der Waals surface area contributed by atoms with Crippen LogP contribution in [0.1, 0.15) is 52.0 Å². The predicted octanol–water partition coefficient (Wildman–Crippen LogP) is 2.89. The molecular weight excluding hydrogens is 382 g/mol. The number of amides is 3. The third-order valence-electron chi connectivity index (χ3n) is 6.54. The van der Waals surface area contributed by atoms with Gasteiger partial charge in [-0.3, -0.25) is 14.5 Å². The summed E-state index contributed by atoms with van der Waals surface area (Å²) in [5.41, 5.74) is 6.06. The highest BCUT2D eigenvalue weighted by molar-refractivity contribution is 6.07. The second-order valence-corrected chi connectivity index (χ2v) is 10.3. The average Bonchev–Trinajstić information content (AvgIpc) is 3.43. The molecule has 1 saturated heterocycles. The van der Waals surface area contributed by atoms with Crippen LogP contribution in [0.3, 0.4) is 0 Å². The van der Waals surface area contributed by atoms with Crippen LogP contribution >= 0.6 is 0 Å². The molecule has 162 valence electrons. The molecule has 2 N–H and O–H groups in total. The zero-order valence-corrected chi connectivity index (χ0v) is 18.2. The van der Waals surface area contributed by atoms with Gasteiger partial charge in [0, 0.05) is 24.7 Å². The summed E-state index contributed by atoms with van der Waals surface area (Å²) in [6.07, 6.45) is 1.64. The van der Waals surface area contributed by atoms with Crippen molar-refractivity contribution in [2.24, 2.45) is 23.0 Å². The van der Waals surface area contributed by atoms with Gasteiger partial charge in [-0.25, -0.2) is 4.79 Å². The Hall–Kier alpha value is -2.57. The Balaban J connectivity index is 1.77. The first-order valence-corrected chi connectivity index (χ1v) is 10.7. The van der Waals surface area contributed by atoms with Crippen molar-refractivity contribution in [1.29, 1.82) is 0 Å². The summed E-state index contributed by atoms with van der Waals surface area (Å²) >= 11 is 0. The van der Waals surface area contributed by atoms with Gasteiger partial charge >= 0.3 is 6.09 Å². The number of benzene rings is 1. The lowest BCUT2D eigenvalue weighted by molar-refractivity contribution is -0.129. The van der Waals surface area contributed by atoms with E-state index in [1.54, 1.807) is 11.8 Å². The van der Waals surface area contributed by atoms with Crippen molar-refractivity contribution in [3.63, 3.8) is 0 Å². The van der Waals surface area contributed by atoms with Crippen LogP contribution in [0.25, 0.3) is 0 Å². The number of nitrogens with zero attached hydrogens (tertiary/aromatic N) is 2. The smallest absolute Gasteiger partial charge is 0.410 e. The Morgan fingerprint density at radius 3 is 2.50 bits per heavy atom. The minimum absolute atomic E-state index is 0.0802. The summed E-state index contributed by atoms with van der Waals surface area (Å²) in [5.74, 6) is -1.32. The number of likely N-dealkylation sites (tertiary alicyclic amines) is 1. The number of nitrogens with two attached hydrogens (primary N) is 1. The number of ether oxygens (including phenoxy) is 1. The Labute approximate surface area is 177 Å². The van der Waals surface area contributed by atoms with Crippen LogP contribution in [-0.2, 0) is 14.3 Å². The largest absolute Gasteiger partial charge is 0.449 e. The molecular formula is C23H31N3O4. The third-order valence-corrected chi connectivity index (χ3v) is 6.54. The van der Waals surface area contributed by atoms with Gasteiger partial charge in [0.25, 0.3) is 5.91 Å². The van der Waals surface area contributed by atoms with Crippen molar-refractivity contribution < 1.29 is 19.1 Å². The highest BCUT2D eigenvalue weighted by atomic mass is 16.6. The minimum Gasteiger partial charge on any atom is -0.449 e. The van der Waals surface area contributed by atoms with E-state index in [9.17, 15) is 14.4 Å². The molecule has 0 aromatic heterocycles. The summed E-state index contributed by atoms with van der Waals surface area (Å²) < 4.78 is 5.56. The molecule has 1 saturated carbocycles. The molecule has 1 aliphatic carbocycles. The monoisotopic (exact) mass is 413 g/mol. The molecule has 3 amide bonds. The van der Waals surface area contributed by atoms with Crippen LogP contribution in [0.4, 0.5) is 10.5 Å². The van der Waals surface area contributed by atoms with Crippen molar-refractivity contribution in [2.45, 2.75) is 52.0 Å². The molecule has 3 atom stereocenters. The highest BCUT2D eigenvalue weighted by Gasteiger charge is 2.63. The molecule has 7 heteroatoms. The minimum atomic E-state index is -1.21. The molecule has 0 radical (unpaired) electrons. The van der Waals surface area contributed by atoms with Gasteiger partial charge < -0.3 is 15.4 Å². The topological polar surface area (TPSA) is 92.9 Å². The SMILES string of the molecule is CC(C)(C)COC(=O)N1C[C@H](C(N)=O)[C@H]2c3ccccc3N(CC3CC3)C(=O)[C@]21C. The van der Waals surface area contributed by atoms with E-state index in [0.29, 0.717) is 12.5 Å². The van der Waals surface area contributed by atoms with E-state index in [0.717, 1.165) is 24.1 Å². The van der Waals surface area contributed by atoms with Crippen LogP contribution in [-0.4, -0.2) is 48.0 Å². The molecule has 7 nitrogen and oxygen atoms in total. The number of hydrogen-bond acceptors (Lipinski definition) is 4. The number of hydrogen-bond donors (Lipinski definition) is 1. The molecule has 0 spiro atoms. The van der Waals surface area contributed by atoms with Crippen LogP contribution in [0.15, 0.2) is 24.3 Å². The molecule has 2 fully saturated rings. The first-order valence-electron chi connectivity index (χ1n) is 10.7. The van der Waals surface area contributed by atoms with E-state index in [4.69, 9.17) is 10.5 Å². The third kappa shape index (κ3) is 3.34. The summed E-state index contributed by atoms with van der Waals surface area (Å²) in [6.45, 7) is 8.61. The van der Waals surface area contributed by atoms with Gasteiger partial charge in [0.2, 0.25) is 5.91 Å². The summed E-state index contributed by atoms with van der Waals surface area (Å²) in [5, 5.41) is 0. The molecule has 0 unspecified atom stereocenters. The van der Waals surface area contributed by atoms with Crippen LogP contribution in [0.2, 0.25) is 0 Å². The summed E-state index contributed by atoms with van der Waals surface area (Å²) in [6, 6.07) is 7.68. The molecule has 0 bridgehead atoms. The highest BCUT2D eigenvalue weighted by Crippen LogP contribution is 2.53. The van der Waals surface area contributed by atoms with Gasteiger partial charge in [-0.2, -0.15) is 0 Å². The van der Waals surface area contributed by atoms with Crippen LogP contribution in [0.5, 0.6) is 0 Å². The van der Waals surface area contributed by atoms with Gasteiger partial charge in [0.15, 0.2) is 0 Å². The number of fused-ring (bicyclic) bond motifs is 3. The van der Waals surface area contributed by atoms with Crippen LogP contribution in [0, 0.1) is 17.3 Å². The van der Waals surface area contributed by atoms with E-state index in [1.807, 2.05) is 45.0 Å². The molecule has 4 rings (SSSR count). The molecule has 2 heterocycles. The first-order chi connectivity index (χ1) is 14.0. The van der Waals surface area contributed by atoms with Crippen molar-refractivity contribution >= 4 is 23.6 Å². The molecule has 2 aliphatic heterocycles. The van der Waals surface area contributed by atoms with E-state index < -0.39 is 29.4 Å². The Morgan fingerprint density at radius 2 is 1.90 bits per heavy atom. The summed E-state index contributed by atoms with van der Waals surface area (Å²) in [4.78, 5) is 42.6. The summed E-state index contributed by atoms with van der Waals surface area (Å²) in [7, 11) is 0. The standard InChI is InChI=1S/C23H31N3O4/c1-22(2,3)13-30-21(29)26-12-16(19(24)27)18-15-7-5-6-8-17(15)25(11-14-9-10-14)20(28)23(18,26)4/h5-8,14,16,18H,9-13H2,1-4H3,(H2,24,27)/t16-,18+,23-/m0/s1. The maximum absolute atomic E-state index is 13.9. The zero-order chi connectivity index (χ0) is 21.8. The quantitative estimate of drug-likeness (QED) is 0.821. The van der Waals surface area contributed by atoms with E-state index in [1.165, 1.54) is 4.90 Å². The van der Waals surface area contributed by atoms with Gasteiger partial charge in [0.1, 0.15) is 5.54 Å². The van der Waals surface area contributed by atoms with Crippen LogP contribution < -0.4 is 10.6 Å². The second-order valence-electron chi connectivity index (χ2n) is 10.3. The fourth-order valence-electron chi connectivity index (χ4n) is 4.81. The average molecular weight is 414 g/mol. The number of para-hydroxylation sites is 1. The van der Waals surface area contributed by atoms with Crippen molar-refractivity contribution in [3.05, 3.63) is 29.8 Å². The van der Waals surface area contributed by atoms with Gasteiger partial charge in [-0.15, -0.1) is 0 Å². The maximum Gasteiger partial charge on any atom is 0.410 e. The molecule has 1 aromatic rings. The lowest BCUT2D eigenvalue weighted by atomic mass is 9.72. The number of carbonyl (C=O) groups is 3. The van der Waals surface area contributed by atoms with E-state index in [-0.39, 0.29) is 24.5 Å². The number of rotatable bonds is 4. The van der Waals surface area contributed by atoms with Crippen molar-refractivity contribution in [3.8, 4) is 0 Å². The zero-order valence-electron chi connectivity index (χ0n) is 18.2. The van der Waals surface area contributed by atoms with Gasteiger partial charge in [0.05, 0.1) is 12.5 Å². The Bertz CT molecular complexity index is 889. The number of carbonyl (C=O) groups excluding carboxylic acids is 3. The lowest BCUT2D eigenvalue weighted by Gasteiger charge is -2.46. The Morgan fingerprint density at radius 1 is 1.23 bits per heavy atom. The first kappa shape index (κ1) is 20.7. The number of anilines is 1. The predicted molar refractivity (Wildman–Crippen MR) is 113 cm³/mol. The van der Waals surface area contributed by atoms with E-state index >= 15 is 0 Å². The fourth-order valence-corrected chi connectivity index (χ4v) is 4.81. The van der Waals surface area contributed by atoms with Crippen molar-refractivity contribution in [1.82, 2.24) is 4.90 Å². The molecule has 1 aromatic carbocycles. The van der Waals surface area contributed by atoms with Crippen molar-refractivity contribution in [2.75, 3.05) is 24.6 Å². The van der Waals surface area contributed by atoms with Gasteiger partial charge in [-0.05, 0) is 42.7 Å². The maximum atomic E-state index is 13.9. The van der Waals surface area contributed by atoms with Gasteiger partial charge in [-0.1, -0.05) is 39.0 Å². The normalized spacial score (nSPS) is 28.2. The molecule has 3 aliphatic rings. The fraction of sp³-hybridized carbons (Fsp3) is 0.609. The second kappa shape index (κ2) is 7.00.